The predicted molar refractivity (Wildman–Crippen MR) is 143 cm³/mol. The molecule has 6 heteroatoms. The van der Waals surface area contributed by atoms with E-state index >= 15 is 0 Å². The Kier molecular flexibility index (Phi) is 9.01. The van der Waals surface area contributed by atoms with Gasteiger partial charge >= 0.3 is 0 Å². The maximum absolute atomic E-state index is 13.7. The molecule has 1 fully saturated rings. The topological polar surface area (TPSA) is 58.6 Å². The average Bonchev–Trinajstić information content (AvgIpc) is 3.39. The van der Waals surface area contributed by atoms with Gasteiger partial charge in [-0.2, -0.15) is 0 Å². The quantitative estimate of drug-likeness (QED) is 0.384. The number of aryl methyl sites for hydroxylation is 1. The monoisotopic (exact) mass is 504 g/mol. The van der Waals surface area contributed by atoms with Gasteiger partial charge in [0, 0.05) is 24.0 Å². The van der Waals surface area contributed by atoms with Crippen molar-refractivity contribution in [2.75, 3.05) is 6.61 Å². The standard InChI is InChI=1S/C30H33ClN2O3/c1-22-10-5-6-13-24(22)20-33(29(34)21-36-27-17-9-14-25(31)19-27)28(18-23-11-3-2-4-12-23)30(35)32-26-15-7-8-16-26/h2-6,9-14,17,19,26,28H,7-8,15-16,18,20-21H2,1H3,(H,32,35)/t28-/m0/s1. The van der Waals surface area contributed by atoms with E-state index in [0.717, 1.165) is 42.4 Å². The van der Waals surface area contributed by atoms with E-state index in [0.29, 0.717) is 23.7 Å². The predicted octanol–water partition coefficient (Wildman–Crippen LogP) is 5.73. The number of amides is 2. The summed E-state index contributed by atoms with van der Waals surface area (Å²) >= 11 is 6.08. The Bertz CT molecular complexity index is 1160. The normalized spacial score (nSPS) is 14.3. The molecule has 1 saturated carbocycles. The van der Waals surface area contributed by atoms with Crippen molar-refractivity contribution in [3.8, 4) is 5.75 Å². The van der Waals surface area contributed by atoms with E-state index in [1.165, 1.54) is 0 Å². The van der Waals surface area contributed by atoms with Gasteiger partial charge in [0.25, 0.3) is 5.91 Å². The fraction of sp³-hybridized carbons (Fsp3) is 0.333. The zero-order valence-corrected chi connectivity index (χ0v) is 21.4. The third kappa shape index (κ3) is 7.11. The molecule has 1 atom stereocenters. The summed E-state index contributed by atoms with van der Waals surface area (Å²) in [6.07, 6.45) is 4.62. The highest BCUT2D eigenvalue weighted by atomic mass is 35.5. The number of carbonyl (C=O) groups excluding carboxylic acids is 2. The molecule has 4 rings (SSSR count). The molecule has 0 saturated heterocycles. The van der Waals surface area contributed by atoms with E-state index in [-0.39, 0.29) is 24.5 Å². The van der Waals surface area contributed by atoms with Crippen LogP contribution in [-0.2, 0) is 22.6 Å². The van der Waals surface area contributed by atoms with Crippen LogP contribution in [0, 0.1) is 6.92 Å². The number of carbonyl (C=O) groups is 2. The van der Waals surface area contributed by atoms with Crippen LogP contribution in [0.2, 0.25) is 5.02 Å². The lowest BCUT2D eigenvalue weighted by atomic mass is 10.0. The Morgan fingerprint density at radius 1 is 1.00 bits per heavy atom. The van der Waals surface area contributed by atoms with Gasteiger partial charge in [-0.1, -0.05) is 85.1 Å². The number of rotatable bonds is 10. The molecule has 2 amide bonds. The number of ether oxygens (including phenoxy) is 1. The van der Waals surface area contributed by atoms with Gasteiger partial charge in [0.15, 0.2) is 6.61 Å². The van der Waals surface area contributed by atoms with Crippen LogP contribution < -0.4 is 10.1 Å². The van der Waals surface area contributed by atoms with Gasteiger partial charge in [0.05, 0.1) is 0 Å². The molecule has 0 bridgehead atoms. The van der Waals surface area contributed by atoms with Crippen molar-refractivity contribution in [2.24, 2.45) is 0 Å². The number of hydrogen-bond donors (Lipinski definition) is 1. The van der Waals surface area contributed by atoms with Crippen molar-refractivity contribution in [2.45, 2.75) is 57.7 Å². The van der Waals surface area contributed by atoms with Crippen LogP contribution in [-0.4, -0.2) is 35.4 Å². The van der Waals surface area contributed by atoms with Crippen molar-refractivity contribution in [1.29, 1.82) is 0 Å². The first kappa shape index (κ1) is 25.8. The molecule has 0 spiro atoms. The van der Waals surface area contributed by atoms with E-state index in [1.54, 1.807) is 29.2 Å². The summed E-state index contributed by atoms with van der Waals surface area (Å²) in [5.41, 5.74) is 3.07. The van der Waals surface area contributed by atoms with Gasteiger partial charge in [-0.3, -0.25) is 9.59 Å². The number of nitrogens with one attached hydrogen (secondary N) is 1. The third-order valence-corrected chi connectivity index (χ3v) is 6.97. The number of nitrogens with zero attached hydrogens (tertiary/aromatic N) is 1. The molecule has 0 heterocycles. The molecule has 3 aromatic rings. The van der Waals surface area contributed by atoms with Crippen molar-refractivity contribution < 1.29 is 14.3 Å². The summed E-state index contributed by atoms with van der Waals surface area (Å²) in [6, 6.07) is 24.3. The molecular weight excluding hydrogens is 472 g/mol. The zero-order chi connectivity index (χ0) is 25.3. The first-order valence-electron chi connectivity index (χ1n) is 12.6. The van der Waals surface area contributed by atoms with Crippen LogP contribution in [0.5, 0.6) is 5.75 Å². The molecule has 0 aliphatic heterocycles. The van der Waals surface area contributed by atoms with E-state index in [9.17, 15) is 9.59 Å². The molecular formula is C30H33ClN2O3. The Labute approximate surface area is 218 Å². The van der Waals surface area contributed by atoms with Crippen molar-refractivity contribution in [3.63, 3.8) is 0 Å². The summed E-state index contributed by atoms with van der Waals surface area (Å²) in [6.45, 7) is 2.15. The number of hydrogen-bond acceptors (Lipinski definition) is 3. The van der Waals surface area contributed by atoms with Crippen LogP contribution >= 0.6 is 11.6 Å². The summed E-state index contributed by atoms with van der Waals surface area (Å²) in [7, 11) is 0. The van der Waals surface area contributed by atoms with E-state index in [4.69, 9.17) is 16.3 Å². The van der Waals surface area contributed by atoms with Crippen molar-refractivity contribution >= 4 is 23.4 Å². The Hall–Kier alpha value is -3.31. The minimum Gasteiger partial charge on any atom is -0.484 e. The van der Waals surface area contributed by atoms with Crippen LogP contribution in [0.4, 0.5) is 0 Å². The Morgan fingerprint density at radius 2 is 1.72 bits per heavy atom. The maximum atomic E-state index is 13.7. The minimum absolute atomic E-state index is 0.115. The second kappa shape index (κ2) is 12.6. The molecule has 188 valence electrons. The van der Waals surface area contributed by atoms with Gasteiger partial charge in [-0.15, -0.1) is 0 Å². The second-order valence-electron chi connectivity index (χ2n) is 9.39. The molecule has 0 aromatic heterocycles. The highest BCUT2D eigenvalue weighted by Gasteiger charge is 2.32. The van der Waals surface area contributed by atoms with Gasteiger partial charge in [0.1, 0.15) is 11.8 Å². The highest BCUT2D eigenvalue weighted by Crippen LogP contribution is 2.22. The first-order valence-corrected chi connectivity index (χ1v) is 12.9. The molecule has 36 heavy (non-hydrogen) atoms. The molecule has 5 nitrogen and oxygen atoms in total. The SMILES string of the molecule is Cc1ccccc1CN(C(=O)COc1cccc(Cl)c1)[C@@H](Cc1ccccc1)C(=O)NC1CCCC1. The summed E-state index contributed by atoms with van der Waals surface area (Å²) in [4.78, 5) is 29.0. The van der Waals surface area contributed by atoms with Gasteiger partial charge in [0.2, 0.25) is 5.91 Å². The van der Waals surface area contributed by atoms with E-state index < -0.39 is 6.04 Å². The fourth-order valence-corrected chi connectivity index (χ4v) is 4.86. The van der Waals surface area contributed by atoms with Crippen LogP contribution in [0.3, 0.4) is 0 Å². The number of benzene rings is 3. The van der Waals surface area contributed by atoms with Crippen LogP contribution in [0.15, 0.2) is 78.9 Å². The maximum Gasteiger partial charge on any atom is 0.261 e. The van der Waals surface area contributed by atoms with Crippen molar-refractivity contribution in [1.82, 2.24) is 10.2 Å². The lowest BCUT2D eigenvalue weighted by Crippen LogP contribution is -2.53. The molecule has 1 N–H and O–H groups in total. The van der Waals surface area contributed by atoms with Gasteiger partial charge in [-0.05, 0) is 54.7 Å². The Morgan fingerprint density at radius 3 is 2.44 bits per heavy atom. The van der Waals surface area contributed by atoms with Gasteiger partial charge < -0.3 is 15.0 Å². The molecule has 0 radical (unpaired) electrons. The first-order chi connectivity index (χ1) is 17.5. The zero-order valence-electron chi connectivity index (χ0n) is 20.7. The van der Waals surface area contributed by atoms with E-state index in [2.05, 4.69) is 5.32 Å². The lowest BCUT2D eigenvalue weighted by Gasteiger charge is -2.32. The van der Waals surface area contributed by atoms with E-state index in [1.807, 2.05) is 61.5 Å². The fourth-order valence-electron chi connectivity index (χ4n) is 4.68. The van der Waals surface area contributed by atoms with Gasteiger partial charge in [-0.25, -0.2) is 0 Å². The third-order valence-electron chi connectivity index (χ3n) is 6.73. The largest absolute Gasteiger partial charge is 0.484 e. The smallest absolute Gasteiger partial charge is 0.261 e. The lowest BCUT2D eigenvalue weighted by molar-refractivity contribution is -0.143. The van der Waals surface area contributed by atoms with Crippen LogP contribution in [0.1, 0.15) is 42.4 Å². The molecule has 3 aromatic carbocycles. The molecule has 1 aliphatic rings. The highest BCUT2D eigenvalue weighted by molar-refractivity contribution is 6.30. The molecule has 1 aliphatic carbocycles. The second-order valence-corrected chi connectivity index (χ2v) is 9.83. The minimum atomic E-state index is -0.664. The summed E-state index contributed by atoms with van der Waals surface area (Å²) in [5.74, 6) is 0.151. The Balaban J connectivity index is 1.62. The number of halogens is 1. The molecule has 0 unspecified atom stereocenters. The average molecular weight is 505 g/mol. The summed E-state index contributed by atoms with van der Waals surface area (Å²) < 4.78 is 5.80. The summed E-state index contributed by atoms with van der Waals surface area (Å²) in [5, 5.41) is 3.76. The van der Waals surface area contributed by atoms with Crippen LogP contribution in [0.25, 0.3) is 0 Å². The van der Waals surface area contributed by atoms with Crippen molar-refractivity contribution in [3.05, 3.63) is 101 Å².